The second-order valence-corrected chi connectivity index (χ2v) is 5.32. The second-order valence-electron chi connectivity index (χ2n) is 3.45. The molecule has 3 N–H and O–H groups in total. The summed E-state index contributed by atoms with van der Waals surface area (Å²) in [4.78, 5) is 11.8. The number of fused-ring (bicyclic) bond motifs is 1. The minimum atomic E-state index is -0.565. The number of rotatable bonds is 2. The number of nitrogen functional groups attached to an aromatic ring is 1. The highest BCUT2D eigenvalue weighted by molar-refractivity contribution is 7.23. The molecule has 0 unspecified atom stereocenters. The fraction of sp³-hybridized carbons (Fsp3) is 0.182. The van der Waals surface area contributed by atoms with Crippen molar-refractivity contribution >= 4 is 55.6 Å². The summed E-state index contributed by atoms with van der Waals surface area (Å²) in [5, 5.41) is 10.8. The summed E-state index contributed by atoms with van der Waals surface area (Å²) in [6.45, 7) is 1.92. The molecule has 2 aromatic rings. The molecule has 0 spiro atoms. The third kappa shape index (κ3) is 1.98. The van der Waals surface area contributed by atoms with Crippen LogP contribution < -0.4 is 5.73 Å². The topological polar surface area (TPSA) is 72.5 Å². The van der Waals surface area contributed by atoms with Crippen molar-refractivity contribution < 1.29 is 14.6 Å². The van der Waals surface area contributed by atoms with Crippen LogP contribution in [0.1, 0.15) is 17.3 Å². The van der Waals surface area contributed by atoms with E-state index in [9.17, 15) is 9.90 Å². The second kappa shape index (κ2) is 4.84. The number of nitrogens with two attached hydrogens (primary N) is 1. The summed E-state index contributed by atoms with van der Waals surface area (Å²) in [6, 6.07) is 1.37. The summed E-state index contributed by atoms with van der Waals surface area (Å²) >= 11 is 12.9. The van der Waals surface area contributed by atoms with Crippen LogP contribution >= 0.6 is 34.5 Å². The minimum absolute atomic E-state index is 0.115. The van der Waals surface area contributed by atoms with E-state index in [0.29, 0.717) is 10.1 Å². The zero-order valence-corrected chi connectivity index (χ0v) is 11.6. The third-order valence-corrected chi connectivity index (χ3v) is 3.96. The molecule has 1 heterocycles. The van der Waals surface area contributed by atoms with Gasteiger partial charge in [0.1, 0.15) is 10.6 Å². The number of carbonyl (C=O) groups is 1. The van der Waals surface area contributed by atoms with Crippen LogP contribution in [0, 0.1) is 0 Å². The number of aromatic hydroxyl groups is 1. The quantitative estimate of drug-likeness (QED) is 0.830. The molecule has 2 rings (SSSR count). The van der Waals surface area contributed by atoms with Crippen LogP contribution in [-0.2, 0) is 4.74 Å². The Labute approximate surface area is 117 Å². The Balaban J connectivity index is 2.79. The van der Waals surface area contributed by atoms with E-state index in [1.807, 2.05) is 0 Å². The number of thiophene rings is 1. The predicted molar refractivity (Wildman–Crippen MR) is 73.9 cm³/mol. The van der Waals surface area contributed by atoms with Crippen molar-refractivity contribution in [3.8, 4) is 5.75 Å². The molecule has 18 heavy (non-hydrogen) atoms. The number of benzene rings is 1. The van der Waals surface area contributed by atoms with Gasteiger partial charge in [0.05, 0.1) is 21.4 Å². The fourth-order valence-corrected chi connectivity index (χ4v) is 3.31. The van der Waals surface area contributed by atoms with Crippen LogP contribution in [0.4, 0.5) is 5.00 Å². The maximum absolute atomic E-state index is 11.8. The first-order chi connectivity index (χ1) is 8.47. The smallest absolute Gasteiger partial charge is 0.341 e. The third-order valence-electron chi connectivity index (χ3n) is 2.35. The molecule has 1 aromatic heterocycles. The molecule has 0 saturated carbocycles. The number of esters is 1. The Morgan fingerprint density at radius 2 is 2.17 bits per heavy atom. The number of phenolic OH excluding ortho intramolecular Hbond substituents is 1. The molecule has 0 fully saturated rings. The molecule has 96 valence electrons. The highest BCUT2D eigenvalue weighted by Gasteiger charge is 2.23. The van der Waals surface area contributed by atoms with Crippen LogP contribution in [0.25, 0.3) is 10.1 Å². The maximum Gasteiger partial charge on any atom is 0.341 e. The lowest BCUT2D eigenvalue weighted by atomic mass is 10.1. The Kier molecular flexibility index (Phi) is 3.56. The Bertz CT molecular complexity index is 639. The molecule has 0 saturated heterocycles. The van der Waals surface area contributed by atoms with Crippen molar-refractivity contribution in [1.29, 1.82) is 0 Å². The van der Waals surface area contributed by atoms with Gasteiger partial charge in [-0.15, -0.1) is 11.3 Å². The SMILES string of the molecule is CCOC(=O)c1c(N)sc2c(O)c(Cl)cc(Cl)c12. The van der Waals surface area contributed by atoms with Crippen molar-refractivity contribution in [3.63, 3.8) is 0 Å². The number of ether oxygens (including phenoxy) is 1. The summed E-state index contributed by atoms with van der Waals surface area (Å²) in [5.41, 5.74) is 5.95. The van der Waals surface area contributed by atoms with E-state index in [1.165, 1.54) is 6.07 Å². The number of halogens is 2. The lowest BCUT2D eigenvalue weighted by Gasteiger charge is -2.04. The Morgan fingerprint density at radius 1 is 1.50 bits per heavy atom. The highest BCUT2D eigenvalue weighted by atomic mass is 35.5. The molecular weight excluding hydrogens is 297 g/mol. The van der Waals surface area contributed by atoms with Crippen LogP contribution in [0.15, 0.2) is 6.07 Å². The van der Waals surface area contributed by atoms with Crippen molar-refractivity contribution in [1.82, 2.24) is 0 Å². The lowest BCUT2D eigenvalue weighted by molar-refractivity contribution is 0.0530. The molecule has 0 aliphatic heterocycles. The van der Waals surface area contributed by atoms with Gasteiger partial charge in [0.2, 0.25) is 0 Å². The van der Waals surface area contributed by atoms with Gasteiger partial charge in [-0.3, -0.25) is 0 Å². The fourth-order valence-electron chi connectivity index (χ4n) is 1.61. The van der Waals surface area contributed by atoms with Gasteiger partial charge < -0.3 is 15.6 Å². The van der Waals surface area contributed by atoms with Crippen molar-refractivity contribution in [3.05, 3.63) is 21.7 Å². The van der Waals surface area contributed by atoms with Crippen molar-refractivity contribution in [2.75, 3.05) is 12.3 Å². The number of hydrogen-bond acceptors (Lipinski definition) is 5. The van der Waals surface area contributed by atoms with E-state index in [4.69, 9.17) is 33.7 Å². The Hall–Kier alpha value is -1.17. The lowest BCUT2D eigenvalue weighted by Crippen LogP contribution is -2.06. The average molecular weight is 306 g/mol. The number of phenols is 1. The summed E-state index contributed by atoms with van der Waals surface area (Å²) in [7, 11) is 0. The average Bonchev–Trinajstić information content (AvgIpc) is 2.64. The van der Waals surface area contributed by atoms with E-state index in [-0.39, 0.29) is 33.0 Å². The van der Waals surface area contributed by atoms with Crippen LogP contribution in [0.2, 0.25) is 10.0 Å². The molecule has 0 bridgehead atoms. The Morgan fingerprint density at radius 3 is 2.78 bits per heavy atom. The normalized spacial score (nSPS) is 10.8. The largest absolute Gasteiger partial charge is 0.505 e. The number of hydrogen-bond donors (Lipinski definition) is 2. The van der Waals surface area contributed by atoms with E-state index < -0.39 is 5.97 Å². The predicted octanol–water partition coefficient (Wildman–Crippen LogP) is 3.67. The van der Waals surface area contributed by atoms with Gasteiger partial charge in [-0.2, -0.15) is 0 Å². The van der Waals surface area contributed by atoms with Crippen molar-refractivity contribution in [2.45, 2.75) is 6.92 Å². The minimum Gasteiger partial charge on any atom is -0.505 e. The van der Waals surface area contributed by atoms with Gasteiger partial charge in [-0.1, -0.05) is 23.2 Å². The monoisotopic (exact) mass is 305 g/mol. The first-order valence-electron chi connectivity index (χ1n) is 5.03. The van der Waals surface area contributed by atoms with Gasteiger partial charge in [-0.25, -0.2) is 4.79 Å². The van der Waals surface area contributed by atoms with Crippen LogP contribution in [-0.4, -0.2) is 17.7 Å². The first-order valence-corrected chi connectivity index (χ1v) is 6.60. The summed E-state index contributed by atoms with van der Waals surface area (Å²) < 4.78 is 5.30. The maximum atomic E-state index is 11.8. The van der Waals surface area contributed by atoms with Gasteiger partial charge in [0.25, 0.3) is 0 Å². The van der Waals surface area contributed by atoms with Gasteiger partial charge in [0.15, 0.2) is 5.75 Å². The van der Waals surface area contributed by atoms with E-state index in [0.717, 1.165) is 11.3 Å². The van der Waals surface area contributed by atoms with Gasteiger partial charge in [0, 0.05) is 5.39 Å². The highest BCUT2D eigenvalue weighted by Crippen LogP contribution is 2.46. The molecule has 0 aliphatic carbocycles. The molecule has 0 aliphatic rings. The molecule has 0 radical (unpaired) electrons. The first kappa shape index (κ1) is 13.3. The zero-order chi connectivity index (χ0) is 13.4. The molecule has 7 heteroatoms. The summed E-state index contributed by atoms with van der Waals surface area (Å²) in [6.07, 6.45) is 0. The van der Waals surface area contributed by atoms with Crippen molar-refractivity contribution in [2.24, 2.45) is 0 Å². The standard InChI is InChI=1S/C11H9Cl2NO3S/c1-2-17-11(16)7-6-4(12)3-5(13)8(15)9(6)18-10(7)14/h3,15H,2,14H2,1H3. The molecular formula is C11H9Cl2NO3S. The number of carbonyl (C=O) groups excluding carboxylic acids is 1. The molecule has 0 amide bonds. The summed E-state index contributed by atoms with van der Waals surface area (Å²) in [5.74, 6) is -0.701. The van der Waals surface area contributed by atoms with E-state index in [1.54, 1.807) is 6.92 Å². The molecule has 1 aromatic carbocycles. The zero-order valence-electron chi connectivity index (χ0n) is 9.29. The van der Waals surface area contributed by atoms with Gasteiger partial charge in [-0.05, 0) is 13.0 Å². The van der Waals surface area contributed by atoms with E-state index in [2.05, 4.69) is 0 Å². The van der Waals surface area contributed by atoms with Gasteiger partial charge >= 0.3 is 5.97 Å². The number of anilines is 1. The van der Waals surface area contributed by atoms with E-state index >= 15 is 0 Å². The van der Waals surface area contributed by atoms with Crippen LogP contribution in [0.5, 0.6) is 5.75 Å². The molecule has 4 nitrogen and oxygen atoms in total. The van der Waals surface area contributed by atoms with Crippen LogP contribution in [0.3, 0.4) is 0 Å². The molecule has 0 atom stereocenters.